The molecule has 17 heavy (non-hydrogen) atoms. The zero-order valence-electron chi connectivity index (χ0n) is 9.54. The second kappa shape index (κ2) is 4.55. The summed E-state index contributed by atoms with van der Waals surface area (Å²) in [4.78, 5) is 3.17. The molecule has 1 heterocycles. The number of halogens is 1. The number of nitrogens with one attached hydrogen (secondary N) is 2. The Hall–Kier alpha value is -1.25. The molecule has 1 aliphatic rings. The molecule has 0 aliphatic heterocycles. The number of aromatic nitrogens is 1. The van der Waals surface area contributed by atoms with Crippen LogP contribution in [0, 0.1) is 0 Å². The molecule has 2 N–H and O–H groups in total. The minimum absolute atomic E-state index is 0.733. The highest BCUT2D eigenvalue weighted by Gasteiger charge is 2.20. The van der Waals surface area contributed by atoms with Crippen molar-refractivity contribution in [2.24, 2.45) is 0 Å². The van der Waals surface area contributed by atoms with Crippen LogP contribution in [0.15, 0.2) is 36.5 Å². The van der Waals surface area contributed by atoms with Crippen LogP contribution in [-0.4, -0.2) is 11.0 Å². The molecule has 2 aromatic rings. The summed E-state index contributed by atoms with van der Waals surface area (Å²) in [5.41, 5.74) is 3.38. The third kappa shape index (κ3) is 2.54. The van der Waals surface area contributed by atoms with Gasteiger partial charge < -0.3 is 10.3 Å². The van der Waals surface area contributed by atoms with Gasteiger partial charge in [0.15, 0.2) is 0 Å². The van der Waals surface area contributed by atoms with E-state index in [2.05, 4.69) is 22.4 Å². The van der Waals surface area contributed by atoms with Crippen LogP contribution in [0.4, 0.5) is 0 Å². The molecular weight excluding hydrogens is 232 g/mol. The van der Waals surface area contributed by atoms with E-state index in [4.69, 9.17) is 11.6 Å². The lowest BCUT2D eigenvalue weighted by Gasteiger charge is -2.07. The quantitative estimate of drug-likeness (QED) is 0.848. The van der Waals surface area contributed by atoms with Crippen LogP contribution in [0.2, 0.25) is 5.02 Å². The Morgan fingerprint density at radius 3 is 2.82 bits per heavy atom. The maximum Gasteiger partial charge on any atom is 0.0502 e. The summed E-state index contributed by atoms with van der Waals surface area (Å²) in [5, 5.41) is 4.30. The first kappa shape index (κ1) is 10.9. The third-order valence-electron chi connectivity index (χ3n) is 3.09. The summed E-state index contributed by atoms with van der Waals surface area (Å²) in [6.45, 7) is 0.912. The fourth-order valence-corrected chi connectivity index (χ4v) is 2.24. The van der Waals surface area contributed by atoms with Gasteiger partial charge in [-0.15, -0.1) is 0 Å². The lowest BCUT2D eigenvalue weighted by Crippen LogP contribution is -2.15. The van der Waals surface area contributed by atoms with Crippen molar-refractivity contribution in [3.05, 3.63) is 47.1 Å². The van der Waals surface area contributed by atoms with Crippen molar-refractivity contribution in [1.82, 2.24) is 10.3 Å². The average molecular weight is 247 g/mol. The molecule has 1 aromatic heterocycles. The molecule has 3 heteroatoms. The molecule has 1 aliphatic carbocycles. The molecule has 0 saturated heterocycles. The van der Waals surface area contributed by atoms with Crippen LogP contribution in [0.3, 0.4) is 0 Å². The lowest BCUT2D eigenvalue weighted by molar-refractivity contribution is 0.688. The lowest BCUT2D eigenvalue weighted by atomic mass is 10.1. The Labute approximate surface area is 106 Å². The minimum atomic E-state index is 0.733. The predicted octanol–water partition coefficient (Wildman–Crippen LogP) is 3.59. The maximum absolute atomic E-state index is 6.30. The highest BCUT2D eigenvalue weighted by Crippen LogP contribution is 2.28. The van der Waals surface area contributed by atoms with Crippen molar-refractivity contribution >= 4 is 11.6 Å². The summed E-state index contributed by atoms with van der Waals surface area (Å²) in [7, 11) is 0. The fourth-order valence-electron chi connectivity index (χ4n) is 1.93. The molecule has 3 rings (SSSR count). The number of hydrogen-bond donors (Lipinski definition) is 2. The minimum Gasteiger partial charge on any atom is -0.361 e. The van der Waals surface area contributed by atoms with Crippen LogP contribution >= 0.6 is 11.6 Å². The van der Waals surface area contributed by atoms with Gasteiger partial charge >= 0.3 is 0 Å². The van der Waals surface area contributed by atoms with Gasteiger partial charge in [-0.2, -0.15) is 0 Å². The number of H-pyrrole nitrogens is 1. The highest BCUT2D eigenvalue weighted by molar-refractivity contribution is 6.33. The van der Waals surface area contributed by atoms with E-state index in [-0.39, 0.29) is 0 Å². The molecular formula is C14H15ClN2. The molecule has 0 bridgehead atoms. The van der Waals surface area contributed by atoms with Gasteiger partial charge in [-0.1, -0.05) is 23.7 Å². The third-order valence-corrected chi connectivity index (χ3v) is 3.41. The molecule has 2 nitrogen and oxygen atoms in total. The Bertz CT molecular complexity index is 501. The second-order valence-corrected chi connectivity index (χ2v) is 4.96. The van der Waals surface area contributed by atoms with Crippen molar-refractivity contribution in [2.45, 2.75) is 25.4 Å². The van der Waals surface area contributed by atoms with E-state index in [0.717, 1.165) is 28.9 Å². The topological polar surface area (TPSA) is 27.8 Å². The van der Waals surface area contributed by atoms with Gasteiger partial charge in [-0.25, -0.2) is 0 Å². The first-order valence-electron chi connectivity index (χ1n) is 5.98. The van der Waals surface area contributed by atoms with Gasteiger partial charge in [0.1, 0.15) is 0 Å². The summed E-state index contributed by atoms with van der Waals surface area (Å²) >= 11 is 6.30. The summed E-state index contributed by atoms with van der Waals surface area (Å²) in [6.07, 6.45) is 4.54. The highest BCUT2D eigenvalue weighted by atomic mass is 35.5. The Morgan fingerprint density at radius 2 is 2.18 bits per heavy atom. The molecule has 0 atom stereocenters. The molecule has 0 unspecified atom stereocenters. The van der Waals surface area contributed by atoms with E-state index in [1.165, 1.54) is 18.4 Å². The van der Waals surface area contributed by atoms with Gasteiger partial charge in [0.2, 0.25) is 0 Å². The average Bonchev–Trinajstić information content (AvgIpc) is 3.01. The van der Waals surface area contributed by atoms with Gasteiger partial charge in [0, 0.05) is 30.0 Å². The van der Waals surface area contributed by atoms with Gasteiger partial charge in [-0.3, -0.25) is 0 Å². The number of rotatable bonds is 4. The van der Waals surface area contributed by atoms with Crippen molar-refractivity contribution < 1.29 is 0 Å². The standard InChI is InChI=1S/C14H15ClN2/c15-13-8-10(9-17-11-4-5-11)3-6-12(13)14-2-1-7-16-14/h1-3,6-8,11,16-17H,4-5,9H2. The van der Waals surface area contributed by atoms with Crippen LogP contribution in [0.1, 0.15) is 18.4 Å². The van der Waals surface area contributed by atoms with Gasteiger partial charge in [-0.05, 0) is 36.6 Å². The monoisotopic (exact) mass is 246 g/mol. The summed E-state index contributed by atoms with van der Waals surface area (Å²) in [6, 6.07) is 11.0. The molecule has 1 fully saturated rings. The predicted molar refractivity (Wildman–Crippen MR) is 71.1 cm³/mol. The Balaban J connectivity index is 1.78. The second-order valence-electron chi connectivity index (χ2n) is 4.55. The van der Waals surface area contributed by atoms with E-state index in [9.17, 15) is 0 Å². The molecule has 0 spiro atoms. The Kier molecular flexibility index (Phi) is 2.91. The first-order valence-corrected chi connectivity index (χ1v) is 6.36. The van der Waals surface area contributed by atoms with Crippen molar-refractivity contribution in [1.29, 1.82) is 0 Å². The SMILES string of the molecule is Clc1cc(CNC2CC2)ccc1-c1ccc[nH]1. The van der Waals surface area contributed by atoms with Gasteiger partial charge in [0.05, 0.1) is 5.02 Å². The van der Waals surface area contributed by atoms with E-state index in [1.54, 1.807) is 0 Å². The zero-order valence-corrected chi connectivity index (χ0v) is 10.3. The molecule has 1 aromatic carbocycles. The van der Waals surface area contributed by atoms with Crippen molar-refractivity contribution in [3.8, 4) is 11.3 Å². The van der Waals surface area contributed by atoms with E-state index < -0.39 is 0 Å². The molecule has 1 saturated carbocycles. The number of benzene rings is 1. The normalized spacial score (nSPS) is 15.1. The van der Waals surface area contributed by atoms with Gasteiger partial charge in [0.25, 0.3) is 0 Å². The van der Waals surface area contributed by atoms with E-state index in [1.807, 2.05) is 24.4 Å². The van der Waals surface area contributed by atoms with Crippen molar-refractivity contribution in [2.75, 3.05) is 0 Å². The van der Waals surface area contributed by atoms with Crippen LogP contribution in [0.5, 0.6) is 0 Å². The maximum atomic E-state index is 6.30. The van der Waals surface area contributed by atoms with Crippen molar-refractivity contribution in [3.63, 3.8) is 0 Å². The Morgan fingerprint density at radius 1 is 1.29 bits per heavy atom. The first-order chi connectivity index (χ1) is 8.33. The molecule has 88 valence electrons. The largest absolute Gasteiger partial charge is 0.361 e. The fraction of sp³-hybridized carbons (Fsp3) is 0.286. The smallest absolute Gasteiger partial charge is 0.0502 e. The van der Waals surface area contributed by atoms with E-state index >= 15 is 0 Å². The molecule has 0 radical (unpaired) electrons. The van der Waals surface area contributed by atoms with Crippen LogP contribution in [-0.2, 0) is 6.54 Å². The summed E-state index contributed by atoms with van der Waals surface area (Å²) in [5.74, 6) is 0. The van der Waals surface area contributed by atoms with E-state index in [0.29, 0.717) is 0 Å². The van der Waals surface area contributed by atoms with Crippen LogP contribution in [0.25, 0.3) is 11.3 Å². The number of aromatic amines is 1. The molecule has 0 amide bonds. The summed E-state index contributed by atoms with van der Waals surface area (Å²) < 4.78 is 0. The number of hydrogen-bond acceptors (Lipinski definition) is 1. The van der Waals surface area contributed by atoms with Crippen LogP contribution < -0.4 is 5.32 Å². The zero-order chi connectivity index (χ0) is 11.7.